The molecule has 0 radical (unpaired) electrons. The van der Waals surface area contributed by atoms with Crippen molar-refractivity contribution < 1.29 is 19.0 Å². The Balaban J connectivity index is 0. The molecule has 0 rings (SSSR count). The minimum absolute atomic E-state index is 0. The Labute approximate surface area is 122 Å². The molecule has 0 spiro atoms. The molecule has 0 atom stereocenters. The molecule has 0 aliphatic carbocycles. The Kier molecular flexibility index (Phi) is 14.1. The molecule has 0 aliphatic rings. The third-order valence-corrected chi connectivity index (χ3v) is 1.12. The zero-order chi connectivity index (χ0) is 9.40. The fourth-order valence-electron chi connectivity index (χ4n) is 0.697. The summed E-state index contributed by atoms with van der Waals surface area (Å²) in [4.78, 5) is 11.1. The number of ether oxygens (including phenoxy) is 3. The number of rotatable bonds is 6. The van der Waals surface area contributed by atoms with Gasteiger partial charge in [0.2, 0.25) is 0 Å². The van der Waals surface area contributed by atoms with Gasteiger partial charge < -0.3 is 14.2 Å². The number of esters is 1. The Morgan fingerprint density at radius 3 is 1.85 bits per heavy atom. The summed E-state index contributed by atoms with van der Waals surface area (Å²) in [7, 11) is 0. The van der Waals surface area contributed by atoms with Crippen molar-refractivity contribution >= 4 is 57.4 Å². The summed E-state index contributed by atoms with van der Waals surface area (Å²) in [6.45, 7) is 6.55. The number of carbonyl (C=O) groups is 1. The molecule has 74 valence electrons. The van der Waals surface area contributed by atoms with Crippen LogP contribution < -0.4 is 0 Å². The second-order valence-corrected chi connectivity index (χ2v) is 1.99. The second-order valence-electron chi connectivity index (χ2n) is 1.99. The van der Waals surface area contributed by atoms with E-state index in [-0.39, 0.29) is 51.4 Å². The van der Waals surface area contributed by atoms with E-state index in [0.717, 1.165) is 0 Å². The van der Waals surface area contributed by atoms with Gasteiger partial charge in [0.05, 0.1) is 6.61 Å². The van der Waals surface area contributed by atoms with Gasteiger partial charge in [-0.15, -0.1) is 0 Å². The normalized spacial score (nSPS) is 9.54. The van der Waals surface area contributed by atoms with Crippen molar-refractivity contribution in [3.8, 4) is 0 Å². The maximum atomic E-state index is 11.1. The van der Waals surface area contributed by atoms with Crippen LogP contribution in [0.2, 0.25) is 0 Å². The molecule has 0 aliphatic heterocycles. The van der Waals surface area contributed by atoms with Crippen LogP contribution in [-0.4, -0.2) is 83.5 Å². The summed E-state index contributed by atoms with van der Waals surface area (Å²) < 4.78 is 14.7. The third-order valence-electron chi connectivity index (χ3n) is 1.12. The van der Waals surface area contributed by atoms with Crippen molar-refractivity contribution in [1.29, 1.82) is 0 Å². The molecule has 0 bridgehead atoms. The molecule has 0 fully saturated rings. The molecule has 0 saturated heterocycles. The van der Waals surface area contributed by atoms with E-state index in [1.165, 1.54) is 0 Å². The maximum absolute atomic E-state index is 11.1. The van der Waals surface area contributed by atoms with Crippen molar-refractivity contribution in [2.75, 3.05) is 19.8 Å². The van der Waals surface area contributed by atoms with Crippen LogP contribution >= 0.6 is 0 Å². The molecule has 0 heterocycles. The topological polar surface area (TPSA) is 44.8 Å². The van der Waals surface area contributed by atoms with Gasteiger partial charge in [-0.05, 0) is 20.8 Å². The summed E-state index contributed by atoms with van der Waals surface area (Å²) >= 11 is 0. The van der Waals surface area contributed by atoms with Gasteiger partial charge in [0.25, 0.3) is 6.29 Å². The SMILES string of the molecule is CCOC(=O)C(OCC)OCC.[KH]. The van der Waals surface area contributed by atoms with Gasteiger partial charge in [-0.1, -0.05) is 0 Å². The molecule has 0 saturated carbocycles. The summed E-state index contributed by atoms with van der Waals surface area (Å²) in [6.07, 6.45) is -0.861. The average molecular weight is 216 g/mol. The van der Waals surface area contributed by atoms with Gasteiger partial charge in [0, 0.05) is 13.2 Å². The van der Waals surface area contributed by atoms with Gasteiger partial charge >= 0.3 is 57.4 Å². The predicted octanol–water partition coefficient (Wildman–Crippen LogP) is 0.300. The summed E-state index contributed by atoms with van der Waals surface area (Å²) in [5, 5.41) is 0. The zero-order valence-corrected chi connectivity index (χ0v) is 7.83. The van der Waals surface area contributed by atoms with Crippen molar-refractivity contribution in [3.05, 3.63) is 0 Å². The van der Waals surface area contributed by atoms with Crippen LogP contribution in [0, 0.1) is 0 Å². The molecule has 0 amide bonds. The van der Waals surface area contributed by atoms with Crippen molar-refractivity contribution in [1.82, 2.24) is 0 Å². The number of hydrogen-bond donors (Lipinski definition) is 0. The van der Waals surface area contributed by atoms with E-state index in [2.05, 4.69) is 0 Å². The summed E-state index contributed by atoms with van der Waals surface area (Å²) in [6, 6.07) is 0. The van der Waals surface area contributed by atoms with E-state index < -0.39 is 12.3 Å². The van der Waals surface area contributed by atoms with E-state index in [4.69, 9.17) is 14.2 Å². The van der Waals surface area contributed by atoms with Crippen LogP contribution in [0.15, 0.2) is 0 Å². The molecular formula is C8H17KO4. The van der Waals surface area contributed by atoms with E-state index in [1.54, 1.807) is 20.8 Å². The van der Waals surface area contributed by atoms with E-state index in [1.807, 2.05) is 0 Å². The second kappa shape index (κ2) is 11.1. The van der Waals surface area contributed by atoms with Crippen LogP contribution in [0.25, 0.3) is 0 Å². The van der Waals surface area contributed by atoms with Crippen molar-refractivity contribution in [3.63, 3.8) is 0 Å². The van der Waals surface area contributed by atoms with Crippen molar-refractivity contribution in [2.45, 2.75) is 27.1 Å². The fourth-order valence-corrected chi connectivity index (χ4v) is 0.697. The standard InChI is InChI=1S/C8H16O4.K.H/c1-4-10-7(9)8(11-5-2)12-6-3;;/h8H,4-6H2,1-3H3;;. The first-order chi connectivity index (χ1) is 5.76. The Bertz CT molecular complexity index is 123. The van der Waals surface area contributed by atoms with Crippen LogP contribution in [0.3, 0.4) is 0 Å². The first-order valence-corrected chi connectivity index (χ1v) is 4.16. The van der Waals surface area contributed by atoms with Gasteiger partial charge in [-0.25, -0.2) is 4.79 Å². The quantitative estimate of drug-likeness (QED) is 0.364. The predicted molar refractivity (Wildman–Crippen MR) is 50.8 cm³/mol. The average Bonchev–Trinajstić information content (AvgIpc) is 2.04. The third kappa shape index (κ3) is 8.05. The van der Waals surface area contributed by atoms with E-state index >= 15 is 0 Å². The minimum atomic E-state index is -0.861. The number of carbonyl (C=O) groups excluding carboxylic acids is 1. The van der Waals surface area contributed by atoms with Crippen LogP contribution in [0.5, 0.6) is 0 Å². The number of hydrogen-bond acceptors (Lipinski definition) is 4. The Morgan fingerprint density at radius 2 is 1.54 bits per heavy atom. The molecule has 13 heavy (non-hydrogen) atoms. The Morgan fingerprint density at radius 1 is 1.08 bits per heavy atom. The van der Waals surface area contributed by atoms with Gasteiger partial charge in [0.1, 0.15) is 0 Å². The Hall–Kier alpha value is 1.03. The molecule has 0 unspecified atom stereocenters. The van der Waals surface area contributed by atoms with Gasteiger partial charge in [0.15, 0.2) is 0 Å². The molecule has 5 heteroatoms. The molecular weight excluding hydrogens is 199 g/mol. The van der Waals surface area contributed by atoms with Gasteiger partial charge in [-0.2, -0.15) is 0 Å². The molecule has 0 aromatic heterocycles. The van der Waals surface area contributed by atoms with Crippen molar-refractivity contribution in [2.24, 2.45) is 0 Å². The fraction of sp³-hybridized carbons (Fsp3) is 0.875. The molecule has 0 aromatic rings. The van der Waals surface area contributed by atoms with E-state index in [9.17, 15) is 4.79 Å². The van der Waals surface area contributed by atoms with Gasteiger partial charge in [-0.3, -0.25) is 0 Å². The molecule has 0 aromatic carbocycles. The van der Waals surface area contributed by atoms with Crippen LogP contribution in [0.4, 0.5) is 0 Å². The monoisotopic (exact) mass is 216 g/mol. The first kappa shape index (κ1) is 16.5. The summed E-state index contributed by atoms with van der Waals surface area (Å²) in [5.74, 6) is -0.457. The molecule has 0 N–H and O–H groups in total. The summed E-state index contributed by atoms with van der Waals surface area (Å²) in [5.41, 5.74) is 0. The molecule has 4 nitrogen and oxygen atoms in total. The zero-order valence-electron chi connectivity index (χ0n) is 7.83. The van der Waals surface area contributed by atoms with Crippen LogP contribution in [0.1, 0.15) is 20.8 Å². The first-order valence-electron chi connectivity index (χ1n) is 4.16. The van der Waals surface area contributed by atoms with E-state index in [0.29, 0.717) is 19.8 Å². The van der Waals surface area contributed by atoms with Crippen LogP contribution in [-0.2, 0) is 19.0 Å².